The van der Waals surface area contributed by atoms with Gasteiger partial charge in [0.15, 0.2) is 11.5 Å². The molecule has 6 aromatic rings. The molecule has 0 fully saturated rings. The molecule has 6 rings (SSSR count). The molecule has 0 spiro atoms. The summed E-state index contributed by atoms with van der Waals surface area (Å²) in [4.78, 5) is 31.7. The smallest absolute Gasteiger partial charge is 0.325 e. The molecule has 0 amide bonds. The first-order valence-electron chi connectivity index (χ1n) is 13.1. The Balaban J connectivity index is 1.63. The maximum absolute atomic E-state index is 13.7. The molecule has 0 N–H and O–H groups in total. The Bertz CT molecular complexity index is 1920. The largest absolute Gasteiger partial charge is 0.332 e. The van der Waals surface area contributed by atoms with Gasteiger partial charge in [0.05, 0.1) is 6.54 Å². The molecular formula is C31H30N6O2. The van der Waals surface area contributed by atoms with Crippen molar-refractivity contribution in [1.82, 2.24) is 28.5 Å². The summed E-state index contributed by atoms with van der Waals surface area (Å²) in [6, 6.07) is 24.6. The lowest BCUT2D eigenvalue weighted by Gasteiger charge is -2.12. The molecule has 8 heteroatoms. The maximum atomic E-state index is 13.7. The van der Waals surface area contributed by atoms with Gasteiger partial charge in [-0.3, -0.25) is 18.6 Å². The molecule has 0 saturated carbocycles. The lowest BCUT2D eigenvalue weighted by Crippen LogP contribution is -2.38. The maximum Gasteiger partial charge on any atom is 0.332 e. The van der Waals surface area contributed by atoms with Crippen molar-refractivity contribution in [2.45, 2.75) is 33.5 Å². The second-order valence-electron chi connectivity index (χ2n) is 10.4. The van der Waals surface area contributed by atoms with Crippen LogP contribution in [0.1, 0.15) is 25.0 Å². The lowest BCUT2D eigenvalue weighted by molar-refractivity contribution is 0.498. The van der Waals surface area contributed by atoms with E-state index in [9.17, 15) is 9.59 Å². The van der Waals surface area contributed by atoms with Crippen LogP contribution in [0.25, 0.3) is 33.3 Å². The average molecular weight is 519 g/mol. The summed E-state index contributed by atoms with van der Waals surface area (Å²) in [5.41, 5.74) is 2.44. The van der Waals surface area contributed by atoms with E-state index in [1.54, 1.807) is 10.8 Å². The lowest BCUT2D eigenvalue weighted by atomic mass is 10.0. The summed E-state index contributed by atoms with van der Waals surface area (Å²) < 4.78 is 6.67. The Kier molecular flexibility index (Phi) is 6.23. The molecule has 0 aliphatic rings. The normalized spacial score (nSPS) is 11.7. The molecule has 39 heavy (non-hydrogen) atoms. The molecule has 8 nitrogen and oxygen atoms in total. The number of nitrogens with zero attached hydrogens (tertiary/aromatic N) is 6. The fourth-order valence-corrected chi connectivity index (χ4v) is 5.26. The van der Waals surface area contributed by atoms with E-state index in [4.69, 9.17) is 10.1 Å². The van der Waals surface area contributed by atoms with Gasteiger partial charge in [0, 0.05) is 32.5 Å². The Hall–Kier alpha value is -4.72. The minimum atomic E-state index is -0.372. The highest BCUT2D eigenvalue weighted by atomic mass is 16.2. The molecule has 0 radical (unpaired) electrons. The highest BCUT2D eigenvalue weighted by molar-refractivity contribution is 5.90. The first-order chi connectivity index (χ1) is 18.9. The van der Waals surface area contributed by atoms with Gasteiger partial charge in [0.1, 0.15) is 11.1 Å². The van der Waals surface area contributed by atoms with Gasteiger partial charge < -0.3 is 4.57 Å². The number of hydrogen-bond donors (Lipinski definition) is 0. The summed E-state index contributed by atoms with van der Waals surface area (Å²) >= 11 is 0. The first-order valence-corrected chi connectivity index (χ1v) is 13.1. The van der Waals surface area contributed by atoms with Crippen LogP contribution in [0.2, 0.25) is 0 Å². The van der Waals surface area contributed by atoms with Gasteiger partial charge in [-0.1, -0.05) is 86.6 Å². The predicted molar refractivity (Wildman–Crippen MR) is 154 cm³/mol. The summed E-state index contributed by atoms with van der Waals surface area (Å²) in [5.74, 6) is 0.823. The Morgan fingerprint density at radius 2 is 1.62 bits per heavy atom. The fraction of sp³-hybridized carbons (Fsp3) is 0.226. The van der Waals surface area contributed by atoms with E-state index in [-0.39, 0.29) is 17.2 Å². The molecule has 3 aromatic carbocycles. The van der Waals surface area contributed by atoms with Crippen LogP contribution in [0.5, 0.6) is 0 Å². The SMILES string of the molecule is CC(C)Cn1c(=O)n(C)c(=O)c2c(-c3nccn3Cc3ccccc3)n(Cc3cccc4ccccc34)nc21. The second kappa shape index (κ2) is 9.87. The summed E-state index contributed by atoms with van der Waals surface area (Å²) in [6.45, 7) is 5.55. The number of rotatable bonds is 7. The van der Waals surface area contributed by atoms with E-state index >= 15 is 0 Å². The van der Waals surface area contributed by atoms with Crippen LogP contribution in [0.4, 0.5) is 0 Å². The number of imidazole rings is 1. The molecule has 0 aliphatic heterocycles. The van der Waals surface area contributed by atoms with Crippen molar-refractivity contribution in [1.29, 1.82) is 0 Å². The van der Waals surface area contributed by atoms with E-state index in [2.05, 4.69) is 36.4 Å². The molecule has 0 bridgehead atoms. The van der Waals surface area contributed by atoms with Gasteiger partial charge in [0.25, 0.3) is 5.56 Å². The van der Waals surface area contributed by atoms with Crippen molar-refractivity contribution in [2.24, 2.45) is 13.0 Å². The quantitative estimate of drug-likeness (QED) is 0.308. The van der Waals surface area contributed by atoms with Crippen LogP contribution in [0.15, 0.2) is 94.8 Å². The van der Waals surface area contributed by atoms with E-state index in [0.717, 1.165) is 21.9 Å². The summed E-state index contributed by atoms with van der Waals surface area (Å²) in [5, 5.41) is 7.60. The van der Waals surface area contributed by atoms with Crippen LogP contribution in [0.3, 0.4) is 0 Å². The zero-order valence-corrected chi connectivity index (χ0v) is 22.3. The van der Waals surface area contributed by atoms with Gasteiger partial charge >= 0.3 is 5.69 Å². The number of benzene rings is 3. The predicted octanol–water partition coefficient (Wildman–Crippen LogP) is 4.67. The van der Waals surface area contributed by atoms with Crippen molar-refractivity contribution in [2.75, 3.05) is 0 Å². The van der Waals surface area contributed by atoms with Gasteiger partial charge in [-0.2, -0.15) is 5.10 Å². The number of fused-ring (bicyclic) bond motifs is 2. The zero-order chi connectivity index (χ0) is 27.1. The van der Waals surface area contributed by atoms with Crippen LogP contribution >= 0.6 is 0 Å². The van der Waals surface area contributed by atoms with E-state index in [0.29, 0.717) is 42.2 Å². The van der Waals surface area contributed by atoms with Crippen LogP contribution in [-0.4, -0.2) is 28.5 Å². The van der Waals surface area contributed by atoms with E-state index < -0.39 is 0 Å². The topological polar surface area (TPSA) is 79.6 Å². The van der Waals surface area contributed by atoms with Crippen molar-refractivity contribution >= 4 is 21.8 Å². The molecule has 0 saturated heterocycles. The van der Waals surface area contributed by atoms with Crippen molar-refractivity contribution in [3.8, 4) is 11.5 Å². The Morgan fingerprint density at radius 3 is 2.41 bits per heavy atom. The molecule has 3 heterocycles. The van der Waals surface area contributed by atoms with Gasteiger partial charge in [-0.05, 0) is 27.8 Å². The van der Waals surface area contributed by atoms with Crippen molar-refractivity contribution < 1.29 is 0 Å². The van der Waals surface area contributed by atoms with Crippen molar-refractivity contribution in [3.63, 3.8) is 0 Å². The molecular weight excluding hydrogens is 488 g/mol. The molecule has 3 aromatic heterocycles. The second-order valence-corrected chi connectivity index (χ2v) is 10.4. The summed E-state index contributed by atoms with van der Waals surface area (Å²) in [6.07, 6.45) is 3.66. The standard InChI is InChI=1S/C31H30N6O2/c1-21(2)18-36-28-26(30(38)34(3)31(36)39)27(29-32-16-17-35(29)19-22-10-5-4-6-11-22)37(33-28)20-24-14-9-13-23-12-7-8-15-25(23)24/h4-17,21H,18-20H2,1-3H3. The third-order valence-corrected chi connectivity index (χ3v) is 7.10. The minimum Gasteiger partial charge on any atom is -0.325 e. The third-order valence-electron chi connectivity index (χ3n) is 7.10. The third kappa shape index (κ3) is 4.37. The highest BCUT2D eigenvalue weighted by Gasteiger charge is 2.25. The monoisotopic (exact) mass is 518 g/mol. The first kappa shape index (κ1) is 24.6. The van der Waals surface area contributed by atoms with Crippen molar-refractivity contribution in [3.05, 3.63) is 117 Å². The molecule has 0 unspecified atom stereocenters. The van der Waals surface area contributed by atoms with Crippen LogP contribution in [-0.2, 0) is 26.7 Å². The fourth-order valence-electron chi connectivity index (χ4n) is 5.26. The number of hydrogen-bond acceptors (Lipinski definition) is 4. The van der Waals surface area contributed by atoms with Crippen LogP contribution < -0.4 is 11.2 Å². The Morgan fingerprint density at radius 1 is 0.872 bits per heavy atom. The van der Waals surface area contributed by atoms with E-state index in [1.165, 1.54) is 11.6 Å². The van der Waals surface area contributed by atoms with Gasteiger partial charge in [0.2, 0.25) is 0 Å². The Labute approximate surface area is 225 Å². The van der Waals surface area contributed by atoms with Crippen LogP contribution in [0, 0.1) is 5.92 Å². The molecule has 0 aliphatic carbocycles. The molecule has 0 atom stereocenters. The average Bonchev–Trinajstić information content (AvgIpc) is 3.54. The summed E-state index contributed by atoms with van der Waals surface area (Å²) in [7, 11) is 1.53. The number of aromatic nitrogens is 6. The van der Waals surface area contributed by atoms with Gasteiger partial charge in [-0.25, -0.2) is 9.78 Å². The highest BCUT2D eigenvalue weighted by Crippen LogP contribution is 2.28. The minimum absolute atomic E-state index is 0.190. The zero-order valence-electron chi connectivity index (χ0n) is 22.3. The molecule has 196 valence electrons. The van der Waals surface area contributed by atoms with E-state index in [1.807, 2.05) is 65.7 Å². The van der Waals surface area contributed by atoms with Gasteiger partial charge in [-0.15, -0.1) is 0 Å².